The van der Waals surface area contributed by atoms with Gasteiger partial charge in [-0.2, -0.15) is 0 Å². The molecule has 1 unspecified atom stereocenters. The Hall–Kier alpha value is -0.960. The Morgan fingerprint density at radius 3 is 2.53 bits per heavy atom. The molecule has 4 heteroatoms. The summed E-state index contributed by atoms with van der Waals surface area (Å²) in [5.74, 6) is 0.875. The van der Waals surface area contributed by atoms with Crippen molar-refractivity contribution in [3.8, 4) is 0 Å². The molecule has 0 aliphatic rings. The molecule has 2 nitrogen and oxygen atoms in total. The van der Waals surface area contributed by atoms with Crippen LogP contribution in [0.3, 0.4) is 0 Å². The molecule has 1 aromatic carbocycles. The second-order valence-corrected chi connectivity index (χ2v) is 4.58. The number of hydrogen-bond acceptors (Lipinski definition) is 2. The molecule has 0 aliphatic heterocycles. The van der Waals surface area contributed by atoms with Crippen molar-refractivity contribution in [2.75, 3.05) is 7.05 Å². The number of hydrogen-bond donors (Lipinski definition) is 1. The van der Waals surface area contributed by atoms with E-state index in [0.29, 0.717) is 10.0 Å². The van der Waals surface area contributed by atoms with E-state index in [1.807, 2.05) is 32.2 Å². The second kappa shape index (κ2) is 5.13. The zero-order valence-electron chi connectivity index (χ0n) is 9.63. The van der Waals surface area contributed by atoms with E-state index in [9.17, 15) is 0 Å². The Balaban J connectivity index is 2.50. The van der Waals surface area contributed by atoms with Crippen LogP contribution in [-0.2, 0) is 0 Å². The highest BCUT2D eigenvalue weighted by Crippen LogP contribution is 2.34. The average Bonchev–Trinajstić information content (AvgIpc) is 2.72. The summed E-state index contributed by atoms with van der Waals surface area (Å²) in [7, 11) is 1.88. The Morgan fingerprint density at radius 1 is 1.18 bits per heavy atom. The molecule has 1 N–H and O–H groups in total. The summed E-state index contributed by atoms with van der Waals surface area (Å²) < 4.78 is 5.32. The van der Waals surface area contributed by atoms with E-state index in [1.165, 1.54) is 0 Å². The summed E-state index contributed by atoms with van der Waals surface area (Å²) in [6.07, 6.45) is 1.67. The van der Waals surface area contributed by atoms with E-state index >= 15 is 0 Å². The van der Waals surface area contributed by atoms with Crippen molar-refractivity contribution in [1.29, 1.82) is 0 Å². The van der Waals surface area contributed by atoms with Gasteiger partial charge in [-0.15, -0.1) is 0 Å². The monoisotopic (exact) mass is 269 g/mol. The number of nitrogens with one attached hydrogen (secondary N) is 1. The highest BCUT2D eigenvalue weighted by atomic mass is 35.5. The van der Waals surface area contributed by atoms with Crippen LogP contribution in [0, 0.1) is 6.92 Å². The Kier molecular flexibility index (Phi) is 3.77. The van der Waals surface area contributed by atoms with Gasteiger partial charge in [0.2, 0.25) is 0 Å². The van der Waals surface area contributed by atoms with Gasteiger partial charge in [0.25, 0.3) is 0 Å². The molecule has 0 radical (unpaired) electrons. The first-order valence-electron chi connectivity index (χ1n) is 5.30. The summed E-state index contributed by atoms with van der Waals surface area (Å²) in [5, 5.41) is 4.37. The molecule has 17 heavy (non-hydrogen) atoms. The molecule has 0 saturated heterocycles. The van der Waals surface area contributed by atoms with Crippen molar-refractivity contribution in [2.45, 2.75) is 13.0 Å². The van der Waals surface area contributed by atoms with Crippen molar-refractivity contribution in [1.82, 2.24) is 5.32 Å². The molecule has 90 valence electrons. The molecule has 0 fully saturated rings. The van der Waals surface area contributed by atoms with Gasteiger partial charge < -0.3 is 9.73 Å². The lowest BCUT2D eigenvalue weighted by atomic mass is 9.99. The van der Waals surface area contributed by atoms with Gasteiger partial charge >= 0.3 is 0 Å². The first kappa shape index (κ1) is 12.5. The van der Waals surface area contributed by atoms with Crippen LogP contribution < -0.4 is 5.32 Å². The molecule has 1 heterocycles. The molecule has 2 rings (SSSR count). The number of rotatable bonds is 3. The molecular weight excluding hydrogens is 257 g/mol. The summed E-state index contributed by atoms with van der Waals surface area (Å²) in [6, 6.07) is 7.56. The number of halogens is 2. The number of benzene rings is 1. The number of furan rings is 1. The van der Waals surface area contributed by atoms with Gasteiger partial charge in [0.1, 0.15) is 5.76 Å². The maximum atomic E-state index is 6.23. The SMILES string of the molecule is CNC(c1ccoc1C)c1cccc(Cl)c1Cl. The minimum atomic E-state index is -0.0139. The molecule has 1 atom stereocenters. The lowest BCUT2D eigenvalue weighted by molar-refractivity contribution is 0.523. The molecule has 0 bridgehead atoms. The third-order valence-corrected chi connectivity index (χ3v) is 3.62. The van der Waals surface area contributed by atoms with Gasteiger partial charge in [0, 0.05) is 5.56 Å². The molecule has 0 saturated carbocycles. The zero-order chi connectivity index (χ0) is 12.4. The van der Waals surface area contributed by atoms with E-state index in [4.69, 9.17) is 27.6 Å². The first-order valence-corrected chi connectivity index (χ1v) is 6.06. The summed E-state index contributed by atoms with van der Waals surface area (Å²) in [4.78, 5) is 0. The first-order chi connectivity index (χ1) is 8.15. The Morgan fingerprint density at radius 2 is 1.94 bits per heavy atom. The van der Waals surface area contributed by atoms with Gasteiger partial charge in [-0.3, -0.25) is 0 Å². The van der Waals surface area contributed by atoms with Crippen LogP contribution in [0.25, 0.3) is 0 Å². The van der Waals surface area contributed by atoms with E-state index < -0.39 is 0 Å². The summed E-state index contributed by atoms with van der Waals surface area (Å²) >= 11 is 12.3. The van der Waals surface area contributed by atoms with Crippen LogP contribution in [0.15, 0.2) is 34.9 Å². The zero-order valence-corrected chi connectivity index (χ0v) is 11.1. The predicted molar refractivity (Wildman–Crippen MR) is 70.8 cm³/mol. The molecule has 0 amide bonds. The van der Waals surface area contributed by atoms with Gasteiger partial charge in [-0.25, -0.2) is 0 Å². The van der Waals surface area contributed by atoms with E-state index in [1.54, 1.807) is 12.3 Å². The maximum absolute atomic E-state index is 6.23. The van der Waals surface area contributed by atoms with E-state index in [0.717, 1.165) is 16.9 Å². The highest BCUT2D eigenvalue weighted by Gasteiger charge is 2.19. The summed E-state index contributed by atoms with van der Waals surface area (Å²) in [5.41, 5.74) is 2.02. The van der Waals surface area contributed by atoms with E-state index in [-0.39, 0.29) is 6.04 Å². The van der Waals surface area contributed by atoms with Crippen molar-refractivity contribution in [2.24, 2.45) is 0 Å². The van der Waals surface area contributed by atoms with Crippen molar-refractivity contribution >= 4 is 23.2 Å². The third kappa shape index (κ3) is 2.34. The summed E-state index contributed by atoms with van der Waals surface area (Å²) in [6.45, 7) is 1.93. The number of aryl methyl sites for hydroxylation is 1. The van der Waals surface area contributed by atoms with Crippen LogP contribution in [-0.4, -0.2) is 7.05 Å². The molecular formula is C13H13Cl2NO. The fourth-order valence-electron chi connectivity index (χ4n) is 1.92. The Bertz CT molecular complexity index is 522. The van der Waals surface area contributed by atoms with Crippen LogP contribution in [0.2, 0.25) is 10.0 Å². The van der Waals surface area contributed by atoms with Crippen LogP contribution >= 0.6 is 23.2 Å². The normalized spacial score (nSPS) is 12.7. The standard InChI is InChI=1S/C13H13Cl2NO/c1-8-9(6-7-17-8)13(16-2)10-4-3-5-11(14)12(10)15/h3-7,13,16H,1-2H3. The molecule has 1 aromatic heterocycles. The molecule has 2 aromatic rings. The largest absolute Gasteiger partial charge is 0.469 e. The molecule has 0 spiro atoms. The lowest BCUT2D eigenvalue weighted by Crippen LogP contribution is -2.18. The van der Waals surface area contributed by atoms with Crippen molar-refractivity contribution < 1.29 is 4.42 Å². The van der Waals surface area contributed by atoms with Crippen LogP contribution in [0.4, 0.5) is 0 Å². The van der Waals surface area contributed by atoms with Gasteiger partial charge in [-0.1, -0.05) is 35.3 Å². The highest BCUT2D eigenvalue weighted by molar-refractivity contribution is 6.42. The van der Waals surface area contributed by atoms with E-state index in [2.05, 4.69) is 5.32 Å². The fraction of sp³-hybridized carbons (Fsp3) is 0.231. The van der Waals surface area contributed by atoms with Crippen LogP contribution in [0.5, 0.6) is 0 Å². The predicted octanol–water partition coefficient (Wildman–Crippen LogP) is 4.20. The van der Waals surface area contributed by atoms with Crippen molar-refractivity contribution in [3.63, 3.8) is 0 Å². The minimum absolute atomic E-state index is 0.0139. The quantitative estimate of drug-likeness (QED) is 0.904. The van der Waals surface area contributed by atoms with Gasteiger partial charge in [0.15, 0.2) is 0 Å². The minimum Gasteiger partial charge on any atom is -0.469 e. The topological polar surface area (TPSA) is 25.2 Å². The van der Waals surface area contributed by atoms with Gasteiger partial charge in [-0.05, 0) is 31.7 Å². The average molecular weight is 270 g/mol. The van der Waals surface area contributed by atoms with Crippen LogP contribution in [0.1, 0.15) is 22.9 Å². The fourth-order valence-corrected chi connectivity index (χ4v) is 2.33. The Labute approximate surface area is 111 Å². The van der Waals surface area contributed by atoms with Crippen molar-refractivity contribution in [3.05, 3.63) is 57.5 Å². The molecule has 0 aliphatic carbocycles. The van der Waals surface area contributed by atoms with Gasteiger partial charge in [0.05, 0.1) is 22.4 Å². The maximum Gasteiger partial charge on any atom is 0.105 e. The smallest absolute Gasteiger partial charge is 0.105 e. The third-order valence-electron chi connectivity index (χ3n) is 2.79. The lowest BCUT2D eigenvalue weighted by Gasteiger charge is -2.18. The second-order valence-electron chi connectivity index (χ2n) is 3.80.